The van der Waals surface area contributed by atoms with Gasteiger partial charge in [0.05, 0.1) is 17.1 Å². The molecule has 1 aromatic carbocycles. The summed E-state index contributed by atoms with van der Waals surface area (Å²) in [7, 11) is 1.59. The number of hydrogen-bond donors (Lipinski definition) is 1. The minimum Gasteiger partial charge on any atom is -0.339 e. The molecule has 0 saturated carbocycles. The number of carbonyl (C=O) groups is 2. The first-order valence-corrected chi connectivity index (χ1v) is 7.43. The number of halogens is 2. The lowest BCUT2D eigenvalue weighted by atomic mass is 10.2. The number of carbonyl (C=O) groups excluding carboxylic acids is 2. The predicted molar refractivity (Wildman–Crippen MR) is 82.9 cm³/mol. The van der Waals surface area contributed by atoms with Crippen LogP contribution in [0.15, 0.2) is 18.2 Å². The van der Waals surface area contributed by atoms with Crippen molar-refractivity contribution < 1.29 is 9.59 Å². The van der Waals surface area contributed by atoms with E-state index in [1.165, 1.54) is 11.0 Å². The number of nitrogens with one attached hydrogen (secondary N) is 1. The standard InChI is InChI=1S/C14H17Cl2N3O2/c1-18(9-13(20)19-6-4-17-5-7-19)14(21)11-3-2-10(15)8-12(11)16/h2-3,8,17H,4-7,9H2,1H3. The molecule has 7 heteroatoms. The van der Waals surface area contributed by atoms with E-state index < -0.39 is 0 Å². The van der Waals surface area contributed by atoms with Gasteiger partial charge < -0.3 is 15.1 Å². The summed E-state index contributed by atoms with van der Waals surface area (Å²) in [6, 6.07) is 4.69. The van der Waals surface area contributed by atoms with Crippen LogP contribution in [0.3, 0.4) is 0 Å². The van der Waals surface area contributed by atoms with Crippen LogP contribution in [0.1, 0.15) is 10.4 Å². The van der Waals surface area contributed by atoms with Crippen LogP contribution in [0.25, 0.3) is 0 Å². The van der Waals surface area contributed by atoms with Crippen molar-refractivity contribution in [1.29, 1.82) is 0 Å². The first-order chi connectivity index (χ1) is 9.99. The lowest BCUT2D eigenvalue weighted by Crippen LogP contribution is -2.49. The largest absolute Gasteiger partial charge is 0.339 e. The molecule has 0 aliphatic carbocycles. The van der Waals surface area contributed by atoms with Crippen molar-refractivity contribution in [2.45, 2.75) is 0 Å². The van der Waals surface area contributed by atoms with Crippen LogP contribution in [0.5, 0.6) is 0 Å². The first-order valence-electron chi connectivity index (χ1n) is 6.68. The second-order valence-electron chi connectivity index (χ2n) is 4.92. The lowest BCUT2D eigenvalue weighted by molar-refractivity contribution is -0.132. The molecule has 1 aromatic rings. The third-order valence-corrected chi connectivity index (χ3v) is 3.90. The highest BCUT2D eigenvalue weighted by atomic mass is 35.5. The first kappa shape index (κ1) is 16.1. The van der Waals surface area contributed by atoms with Gasteiger partial charge in [-0.25, -0.2) is 0 Å². The number of amides is 2. The Morgan fingerprint density at radius 3 is 2.57 bits per heavy atom. The topological polar surface area (TPSA) is 52.7 Å². The van der Waals surface area contributed by atoms with Gasteiger partial charge in [0.15, 0.2) is 0 Å². The van der Waals surface area contributed by atoms with Crippen LogP contribution in [-0.2, 0) is 4.79 Å². The molecule has 1 heterocycles. The van der Waals surface area contributed by atoms with Gasteiger partial charge in [-0.1, -0.05) is 23.2 Å². The fraction of sp³-hybridized carbons (Fsp3) is 0.429. The highest BCUT2D eigenvalue weighted by molar-refractivity contribution is 6.36. The van der Waals surface area contributed by atoms with Crippen molar-refractivity contribution >= 4 is 35.0 Å². The molecule has 0 unspecified atom stereocenters. The Hall–Kier alpha value is -1.30. The Morgan fingerprint density at radius 1 is 1.29 bits per heavy atom. The molecule has 5 nitrogen and oxygen atoms in total. The van der Waals surface area contributed by atoms with Gasteiger partial charge in [-0.2, -0.15) is 0 Å². The van der Waals surface area contributed by atoms with E-state index in [4.69, 9.17) is 23.2 Å². The zero-order valence-corrected chi connectivity index (χ0v) is 13.2. The monoisotopic (exact) mass is 329 g/mol. The van der Waals surface area contributed by atoms with Crippen LogP contribution in [-0.4, -0.2) is 61.4 Å². The van der Waals surface area contributed by atoms with Gasteiger partial charge in [-0.3, -0.25) is 9.59 Å². The number of piperazine rings is 1. The van der Waals surface area contributed by atoms with Crippen molar-refractivity contribution in [3.05, 3.63) is 33.8 Å². The molecule has 0 spiro atoms. The van der Waals surface area contributed by atoms with E-state index in [2.05, 4.69) is 5.32 Å². The molecular weight excluding hydrogens is 313 g/mol. The molecule has 0 atom stereocenters. The molecule has 1 aliphatic heterocycles. The summed E-state index contributed by atoms with van der Waals surface area (Å²) >= 11 is 11.8. The summed E-state index contributed by atoms with van der Waals surface area (Å²) in [5, 5.41) is 3.93. The molecule has 1 saturated heterocycles. The number of hydrogen-bond acceptors (Lipinski definition) is 3. The van der Waals surface area contributed by atoms with E-state index in [1.54, 1.807) is 24.1 Å². The highest BCUT2D eigenvalue weighted by Crippen LogP contribution is 2.22. The minimum atomic E-state index is -0.292. The smallest absolute Gasteiger partial charge is 0.255 e. The number of benzene rings is 1. The molecule has 1 aliphatic rings. The zero-order valence-electron chi connectivity index (χ0n) is 11.7. The molecule has 21 heavy (non-hydrogen) atoms. The van der Waals surface area contributed by atoms with Crippen molar-refractivity contribution in [2.24, 2.45) is 0 Å². The Balaban J connectivity index is 2.00. The Kier molecular flexibility index (Phi) is 5.45. The summed E-state index contributed by atoms with van der Waals surface area (Å²) in [4.78, 5) is 27.6. The molecule has 2 rings (SSSR count). The molecule has 1 N–H and O–H groups in total. The van der Waals surface area contributed by atoms with E-state index in [9.17, 15) is 9.59 Å². The summed E-state index contributed by atoms with van der Waals surface area (Å²) in [5.41, 5.74) is 0.344. The van der Waals surface area contributed by atoms with E-state index in [1.807, 2.05) is 0 Å². The Bertz CT molecular complexity index is 545. The number of nitrogens with zero attached hydrogens (tertiary/aromatic N) is 2. The second kappa shape index (κ2) is 7.11. The fourth-order valence-electron chi connectivity index (χ4n) is 2.16. The Morgan fingerprint density at radius 2 is 1.95 bits per heavy atom. The van der Waals surface area contributed by atoms with Gasteiger partial charge in [0.1, 0.15) is 0 Å². The van der Waals surface area contributed by atoms with E-state index in [0.29, 0.717) is 23.7 Å². The molecule has 0 bridgehead atoms. The van der Waals surface area contributed by atoms with Gasteiger partial charge in [-0.05, 0) is 18.2 Å². The molecule has 1 fully saturated rings. The third-order valence-electron chi connectivity index (χ3n) is 3.35. The van der Waals surface area contributed by atoms with E-state index >= 15 is 0 Å². The van der Waals surface area contributed by atoms with E-state index in [-0.39, 0.29) is 23.4 Å². The summed E-state index contributed by atoms with van der Waals surface area (Å²) in [5.74, 6) is -0.349. The number of likely N-dealkylation sites (N-methyl/N-ethyl adjacent to an activating group) is 1. The van der Waals surface area contributed by atoms with Crippen molar-refractivity contribution in [2.75, 3.05) is 39.8 Å². The van der Waals surface area contributed by atoms with Crippen molar-refractivity contribution in [3.8, 4) is 0 Å². The van der Waals surface area contributed by atoms with Gasteiger partial charge in [0.25, 0.3) is 5.91 Å². The van der Waals surface area contributed by atoms with Crippen LogP contribution in [0.4, 0.5) is 0 Å². The average molecular weight is 330 g/mol. The van der Waals surface area contributed by atoms with Crippen molar-refractivity contribution in [3.63, 3.8) is 0 Å². The van der Waals surface area contributed by atoms with Crippen LogP contribution in [0, 0.1) is 0 Å². The zero-order chi connectivity index (χ0) is 15.4. The maximum Gasteiger partial charge on any atom is 0.255 e. The van der Waals surface area contributed by atoms with Gasteiger partial charge >= 0.3 is 0 Å². The molecular formula is C14H17Cl2N3O2. The van der Waals surface area contributed by atoms with Gasteiger partial charge in [0, 0.05) is 38.2 Å². The summed E-state index contributed by atoms with van der Waals surface area (Å²) in [6.45, 7) is 2.95. The molecule has 114 valence electrons. The molecule has 0 radical (unpaired) electrons. The molecule has 2 amide bonds. The van der Waals surface area contributed by atoms with Crippen LogP contribution in [0.2, 0.25) is 10.0 Å². The molecule has 0 aromatic heterocycles. The van der Waals surface area contributed by atoms with Crippen molar-refractivity contribution in [1.82, 2.24) is 15.1 Å². The maximum absolute atomic E-state index is 12.3. The maximum atomic E-state index is 12.3. The minimum absolute atomic E-state index is 0.0395. The van der Waals surface area contributed by atoms with Crippen LogP contribution < -0.4 is 5.32 Å². The highest BCUT2D eigenvalue weighted by Gasteiger charge is 2.21. The summed E-state index contributed by atoms with van der Waals surface area (Å²) < 4.78 is 0. The predicted octanol–water partition coefficient (Wildman–Crippen LogP) is 1.50. The fourth-order valence-corrected chi connectivity index (χ4v) is 2.65. The average Bonchev–Trinajstić information content (AvgIpc) is 2.47. The lowest BCUT2D eigenvalue weighted by Gasteiger charge is -2.29. The number of rotatable bonds is 3. The second-order valence-corrected chi connectivity index (χ2v) is 5.76. The SMILES string of the molecule is CN(CC(=O)N1CCNCC1)C(=O)c1ccc(Cl)cc1Cl. The van der Waals surface area contributed by atoms with E-state index in [0.717, 1.165) is 13.1 Å². The Labute approximate surface area is 133 Å². The normalized spacial score (nSPS) is 14.9. The van der Waals surface area contributed by atoms with Crippen LogP contribution >= 0.6 is 23.2 Å². The van der Waals surface area contributed by atoms with Gasteiger partial charge in [0.2, 0.25) is 5.91 Å². The van der Waals surface area contributed by atoms with Gasteiger partial charge in [-0.15, -0.1) is 0 Å². The third kappa shape index (κ3) is 4.09. The summed E-state index contributed by atoms with van der Waals surface area (Å²) in [6.07, 6.45) is 0. The quantitative estimate of drug-likeness (QED) is 0.914.